The van der Waals surface area contributed by atoms with Crippen LogP contribution in [0.1, 0.15) is 15.7 Å². The van der Waals surface area contributed by atoms with E-state index < -0.39 is 0 Å². The Kier molecular flexibility index (Phi) is 4.64. The van der Waals surface area contributed by atoms with E-state index in [0.29, 0.717) is 23.9 Å². The molecular weight excluding hydrogens is 266 g/mol. The second-order valence-electron chi connectivity index (χ2n) is 4.12. The molecule has 0 amide bonds. The van der Waals surface area contributed by atoms with Gasteiger partial charge in [-0.3, -0.25) is 0 Å². The highest BCUT2D eigenvalue weighted by Crippen LogP contribution is 2.27. The summed E-state index contributed by atoms with van der Waals surface area (Å²) in [6, 6.07) is 11.7. The summed E-state index contributed by atoms with van der Waals surface area (Å²) >= 11 is 7.81. The topological polar surface area (TPSA) is 35.2 Å². The number of rotatable bonds is 5. The molecule has 0 saturated carbocycles. The van der Waals surface area contributed by atoms with Crippen LogP contribution in [0.5, 0.6) is 5.75 Å². The van der Waals surface area contributed by atoms with Crippen LogP contribution in [0.2, 0.25) is 5.02 Å². The van der Waals surface area contributed by atoms with Crippen LogP contribution in [0.15, 0.2) is 36.4 Å². The molecule has 0 fully saturated rings. The van der Waals surface area contributed by atoms with E-state index in [1.165, 1.54) is 9.75 Å². The van der Waals surface area contributed by atoms with Gasteiger partial charge in [0.25, 0.3) is 0 Å². The molecule has 0 bridgehead atoms. The predicted molar refractivity (Wildman–Crippen MR) is 77.8 cm³/mol. The molecule has 0 aliphatic carbocycles. The predicted octanol–water partition coefficient (Wildman–Crippen LogP) is 3.83. The summed E-state index contributed by atoms with van der Waals surface area (Å²) in [4.78, 5) is 2.56. The van der Waals surface area contributed by atoms with Gasteiger partial charge in [-0.15, -0.1) is 11.3 Å². The minimum Gasteiger partial charge on any atom is -0.491 e. The summed E-state index contributed by atoms with van der Waals surface area (Å²) in [5.41, 5.74) is 5.81. The lowest BCUT2D eigenvalue weighted by atomic mass is 10.1. The Morgan fingerprint density at radius 2 is 2.06 bits per heavy atom. The number of hydrogen-bond donors (Lipinski definition) is 1. The number of aryl methyl sites for hydroxylation is 1. The second-order valence-corrected chi connectivity index (χ2v) is 5.85. The number of halogens is 1. The molecule has 1 aromatic heterocycles. The van der Waals surface area contributed by atoms with Crippen molar-refractivity contribution >= 4 is 22.9 Å². The van der Waals surface area contributed by atoms with E-state index in [2.05, 4.69) is 19.1 Å². The van der Waals surface area contributed by atoms with Crippen LogP contribution >= 0.6 is 22.9 Å². The SMILES string of the molecule is Cc1ccc(C(CN)COc2ccccc2Cl)s1. The highest BCUT2D eigenvalue weighted by Gasteiger charge is 2.13. The third kappa shape index (κ3) is 3.25. The molecule has 0 aliphatic heterocycles. The molecule has 1 heterocycles. The Morgan fingerprint density at radius 3 is 2.67 bits per heavy atom. The van der Waals surface area contributed by atoms with Gasteiger partial charge in [0, 0.05) is 22.2 Å². The molecule has 1 atom stereocenters. The van der Waals surface area contributed by atoms with Gasteiger partial charge in [-0.2, -0.15) is 0 Å². The first-order valence-corrected chi connectivity index (χ1v) is 7.04. The monoisotopic (exact) mass is 281 g/mol. The average Bonchev–Trinajstić information content (AvgIpc) is 2.79. The van der Waals surface area contributed by atoms with Crippen molar-refractivity contribution in [2.75, 3.05) is 13.2 Å². The van der Waals surface area contributed by atoms with E-state index in [1.807, 2.05) is 24.3 Å². The van der Waals surface area contributed by atoms with Gasteiger partial charge in [-0.05, 0) is 31.2 Å². The first-order chi connectivity index (χ1) is 8.70. The fourth-order valence-corrected chi connectivity index (χ4v) is 2.86. The molecule has 2 N–H and O–H groups in total. The summed E-state index contributed by atoms with van der Waals surface area (Å²) < 4.78 is 5.75. The standard InChI is InChI=1S/C14H16ClNOS/c1-10-6-7-14(18-10)11(8-16)9-17-13-5-3-2-4-12(13)15/h2-7,11H,8-9,16H2,1H3. The van der Waals surface area contributed by atoms with Crippen LogP contribution in [-0.2, 0) is 0 Å². The second kappa shape index (κ2) is 6.23. The number of hydrogen-bond acceptors (Lipinski definition) is 3. The molecule has 0 aliphatic rings. The van der Waals surface area contributed by atoms with Crippen molar-refractivity contribution in [2.45, 2.75) is 12.8 Å². The maximum atomic E-state index is 6.05. The van der Waals surface area contributed by atoms with E-state index in [0.717, 1.165) is 0 Å². The highest BCUT2D eigenvalue weighted by molar-refractivity contribution is 7.12. The van der Waals surface area contributed by atoms with Crippen molar-refractivity contribution in [3.63, 3.8) is 0 Å². The maximum Gasteiger partial charge on any atom is 0.137 e. The highest BCUT2D eigenvalue weighted by atomic mass is 35.5. The van der Waals surface area contributed by atoms with Gasteiger partial charge < -0.3 is 10.5 Å². The minimum atomic E-state index is 0.222. The van der Waals surface area contributed by atoms with E-state index in [-0.39, 0.29) is 5.92 Å². The Labute approximate surface area is 116 Å². The summed E-state index contributed by atoms with van der Waals surface area (Å²) in [6.07, 6.45) is 0. The van der Waals surface area contributed by atoms with Crippen LogP contribution in [0, 0.1) is 6.92 Å². The summed E-state index contributed by atoms with van der Waals surface area (Å²) in [7, 11) is 0. The number of para-hydroxylation sites is 1. The zero-order valence-electron chi connectivity index (χ0n) is 10.2. The Hall–Kier alpha value is -1.03. The van der Waals surface area contributed by atoms with Gasteiger partial charge >= 0.3 is 0 Å². The molecular formula is C14H16ClNOS. The number of nitrogens with two attached hydrogens (primary N) is 1. The fourth-order valence-electron chi connectivity index (χ4n) is 1.69. The largest absolute Gasteiger partial charge is 0.491 e. The summed E-state index contributed by atoms with van der Waals surface area (Å²) in [5.74, 6) is 0.936. The lowest BCUT2D eigenvalue weighted by Gasteiger charge is -2.15. The summed E-state index contributed by atoms with van der Waals surface area (Å²) in [6.45, 7) is 3.22. The van der Waals surface area contributed by atoms with E-state index in [1.54, 1.807) is 11.3 Å². The third-order valence-electron chi connectivity index (χ3n) is 2.72. The van der Waals surface area contributed by atoms with Crippen molar-refractivity contribution in [3.05, 3.63) is 51.2 Å². The van der Waals surface area contributed by atoms with Crippen molar-refractivity contribution < 1.29 is 4.74 Å². The Bertz CT molecular complexity index is 512. The molecule has 96 valence electrons. The van der Waals surface area contributed by atoms with Crippen molar-refractivity contribution in [3.8, 4) is 5.75 Å². The van der Waals surface area contributed by atoms with Crippen LogP contribution in [0.4, 0.5) is 0 Å². The fraction of sp³-hybridized carbons (Fsp3) is 0.286. The molecule has 1 aromatic carbocycles. The first kappa shape index (κ1) is 13.4. The maximum absolute atomic E-state index is 6.05. The van der Waals surface area contributed by atoms with Gasteiger partial charge in [0.2, 0.25) is 0 Å². The molecule has 0 spiro atoms. The smallest absolute Gasteiger partial charge is 0.137 e. The molecule has 2 aromatic rings. The van der Waals surface area contributed by atoms with Crippen LogP contribution in [0.25, 0.3) is 0 Å². The lowest BCUT2D eigenvalue weighted by Crippen LogP contribution is -2.18. The molecule has 0 saturated heterocycles. The third-order valence-corrected chi connectivity index (χ3v) is 4.20. The lowest BCUT2D eigenvalue weighted by molar-refractivity contribution is 0.292. The number of thiophene rings is 1. The zero-order chi connectivity index (χ0) is 13.0. The zero-order valence-corrected chi connectivity index (χ0v) is 11.8. The van der Waals surface area contributed by atoms with E-state index in [4.69, 9.17) is 22.1 Å². The van der Waals surface area contributed by atoms with Gasteiger partial charge in [0.15, 0.2) is 0 Å². The Morgan fingerprint density at radius 1 is 1.28 bits per heavy atom. The number of ether oxygens (including phenoxy) is 1. The van der Waals surface area contributed by atoms with Crippen molar-refractivity contribution in [1.82, 2.24) is 0 Å². The van der Waals surface area contributed by atoms with Gasteiger partial charge in [0.05, 0.1) is 11.6 Å². The molecule has 1 unspecified atom stereocenters. The number of benzene rings is 1. The summed E-state index contributed by atoms with van der Waals surface area (Å²) in [5, 5.41) is 0.635. The minimum absolute atomic E-state index is 0.222. The van der Waals surface area contributed by atoms with Gasteiger partial charge in [0.1, 0.15) is 5.75 Å². The first-order valence-electron chi connectivity index (χ1n) is 5.84. The van der Waals surface area contributed by atoms with E-state index >= 15 is 0 Å². The van der Waals surface area contributed by atoms with E-state index in [9.17, 15) is 0 Å². The van der Waals surface area contributed by atoms with Crippen LogP contribution in [-0.4, -0.2) is 13.2 Å². The van der Waals surface area contributed by atoms with Gasteiger partial charge in [-0.1, -0.05) is 23.7 Å². The van der Waals surface area contributed by atoms with Crippen LogP contribution in [0.3, 0.4) is 0 Å². The molecule has 0 radical (unpaired) electrons. The molecule has 4 heteroatoms. The quantitative estimate of drug-likeness (QED) is 0.904. The molecule has 18 heavy (non-hydrogen) atoms. The van der Waals surface area contributed by atoms with Gasteiger partial charge in [-0.25, -0.2) is 0 Å². The Balaban J connectivity index is 2.02. The molecule has 2 rings (SSSR count). The average molecular weight is 282 g/mol. The van der Waals surface area contributed by atoms with Crippen molar-refractivity contribution in [1.29, 1.82) is 0 Å². The van der Waals surface area contributed by atoms with Crippen LogP contribution < -0.4 is 10.5 Å². The normalized spacial score (nSPS) is 12.4. The molecule has 2 nitrogen and oxygen atoms in total. The van der Waals surface area contributed by atoms with Crippen molar-refractivity contribution in [2.24, 2.45) is 5.73 Å².